The van der Waals surface area contributed by atoms with E-state index in [4.69, 9.17) is 0 Å². The van der Waals surface area contributed by atoms with Gasteiger partial charge in [0.05, 0.1) is 12.2 Å². The highest BCUT2D eigenvalue weighted by Gasteiger charge is 2.18. The fourth-order valence-electron chi connectivity index (χ4n) is 1.96. The topological polar surface area (TPSA) is 61.7 Å². The van der Waals surface area contributed by atoms with E-state index < -0.39 is 0 Å². The van der Waals surface area contributed by atoms with E-state index in [9.17, 15) is 4.79 Å². The lowest BCUT2D eigenvalue weighted by Gasteiger charge is -2.18. The van der Waals surface area contributed by atoms with Crippen LogP contribution in [0.4, 0.5) is 5.82 Å². The molecule has 2 N–H and O–H groups in total. The standard InChI is InChI=1S/C13H21N5OS/c1-9(2)15-7-10-12(17(4)8-11(19)14-3)16-13-18(10)5-6-20-13/h5-6,9,15H,7-8H2,1-4H3,(H,14,19). The van der Waals surface area contributed by atoms with Crippen LogP contribution in [0.15, 0.2) is 11.6 Å². The van der Waals surface area contributed by atoms with Crippen molar-refractivity contribution in [2.24, 2.45) is 0 Å². The van der Waals surface area contributed by atoms with Crippen LogP contribution in [0.25, 0.3) is 4.96 Å². The van der Waals surface area contributed by atoms with Gasteiger partial charge in [-0.3, -0.25) is 9.20 Å². The van der Waals surface area contributed by atoms with E-state index in [2.05, 4.69) is 33.9 Å². The van der Waals surface area contributed by atoms with E-state index in [1.807, 2.05) is 23.5 Å². The Bertz CT molecular complexity index is 589. The third-order valence-corrected chi connectivity index (χ3v) is 3.80. The second-order valence-corrected chi connectivity index (χ2v) is 5.88. The molecule has 0 aliphatic rings. The first-order valence-electron chi connectivity index (χ1n) is 6.62. The minimum Gasteiger partial charge on any atom is -0.358 e. The number of hydrogen-bond donors (Lipinski definition) is 2. The normalized spacial score (nSPS) is 11.2. The minimum absolute atomic E-state index is 0.0216. The van der Waals surface area contributed by atoms with Crippen molar-refractivity contribution in [2.45, 2.75) is 26.4 Å². The molecule has 0 saturated carbocycles. The first-order chi connectivity index (χ1) is 9.52. The molecule has 20 heavy (non-hydrogen) atoms. The van der Waals surface area contributed by atoms with Gasteiger partial charge in [-0.2, -0.15) is 0 Å². The molecule has 0 aliphatic carbocycles. The monoisotopic (exact) mass is 295 g/mol. The van der Waals surface area contributed by atoms with Crippen LogP contribution in [0.3, 0.4) is 0 Å². The zero-order valence-electron chi connectivity index (χ0n) is 12.3. The lowest BCUT2D eigenvalue weighted by atomic mass is 10.3. The number of carbonyl (C=O) groups excluding carboxylic acids is 1. The summed E-state index contributed by atoms with van der Waals surface area (Å²) in [6.07, 6.45) is 2.02. The smallest absolute Gasteiger partial charge is 0.239 e. The van der Waals surface area contributed by atoms with E-state index >= 15 is 0 Å². The molecule has 2 aromatic heterocycles. The summed E-state index contributed by atoms with van der Waals surface area (Å²) in [5, 5.41) is 8.06. The maximum atomic E-state index is 11.5. The molecule has 110 valence electrons. The molecule has 2 heterocycles. The Balaban J connectivity index is 2.28. The van der Waals surface area contributed by atoms with Gasteiger partial charge >= 0.3 is 0 Å². The summed E-state index contributed by atoms with van der Waals surface area (Å²) in [6, 6.07) is 0.399. The minimum atomic E-state index is -0.0216. The highest BCUT2D eigenvalue weighted by atomic mass is 32.1. The maximum Gasteiger partial charge on any atom is 0.239 e. The zero-order chi connectivity index (χ0) is 14.7. The molecule has 0 atom stereocenters. The van der Waals surface area contributed by atoms with Crippen LogP contribution < -0.4 is 15.5 Å². The molecular formula is C13H21N5OS. The van der Waals surface area contributed by atoms with Gasteiger partial charge in [-0.1, -0.05) is 13.8 Å². The van der Waals surface area contributed by atoms with Crippen molar-refractivity contribution < 1.29 is 4.79 Å². The van der Waals surface area contributed by atoms with Gasteiger partial charge < -0.3 is 15.5 Å². The Labute approximate surface area is 122 Å². The maximum absolute atomic E-state index is 11.5. The Kier molecular flexibility index (Phi) is 4.61. The molecule has 0 unspecified atom stereocenters. The molecule has 7 heteroatoms. The number of imidazole rings is 1. The Morgan fingerprint density at radius 3 is 2.95 bits per heavy atom. The van der Waals surface area contributed by atoms with E-state index in [-0.39, 0.29) is 5.91 Å². The average molecular weight is 295 g/mol. The molecule has 0 aromatic carbocycles. The summed E-state index contributed by atoms with van der Waals surface area (Å²) in [7, 11) is 3.53. The molecule has 0 spiro atoms. The predicted octanol–water partition coefficient (Wildman–Crippen LogP) is 1.08. The number of fused-ring (bicyclic) bond motifs is 1. The number of amides is 1. The predicted molar refractivity (Wildman–Crippen MR) is 82.4 cm³/mol. The van der Waals surface area contributed by atoms with E-state index in [0.29, 0.717) is 12.6 Å². The first-order valence-corrected chi connectivity index (χ1v) is 7.50. The van der Waals surface area contributed by atoms with Crippen molar-refractivity contribution in [3.8, 4) is 0 Å². The first kappa shape index (κ1) is 14.8. The Morgan fingerprint density at radius 2 is 2.30 bits per heavy atom. The van der Waals surface area contributed by atoms with Crippen LogP contribution in [0.5, 0.6) is 0 Å². The van der Waals surface area contributed by atoms with Crippen molar-refractivity contribution in [1.29, 1.82) is 0 Å². The molecule has 1 amide bonds. The van der Waals surface area contributed by atoms with Gasteiger partial charge in [0.1, 0.15) is 0 Å². The summed E-state index contributed by atoms with van der Waals surface area (Å²) < 4.78 is 2.08. The molecule has 2 rings (SSSR count). The van der Waals surface area contributed by atoms with Gasteiger partial charge in [-0.15, -0.1) is 11.3 Å². The molecule has 2 aromatic rings. The lowest BCUT2D eigenvalue weighted by molar-refractivity contribution is -0.119. The van der Waals surface area contributed by atoms with Gasteiger partial charge in [0.25, 0.3) is 0 Å². The van der Waals surface area contributed by atoms with Crippen LogP contribution in [-0.2, 0) is 11.3 Å². The summed E-state index contributed by atoms with van der Waals surface area (Å²) in [5.41, 5.74) is 1.08. The summed E-state index contributed by atoms with van der Waals surface area (Å²) in [6.45, 7) is 5.25. The van der Waals surface area contributed by atoms with Crippen LogP contribution in [0.1, 0.15) is 19.5 Å². The summed E-state index contributed by atoms with van der Waals surface area (Å²) in [5.74, 6) is 0.834. The van der Waals surface area contributed by atoms with Crippen molar-refractivity contribution in [2.75, 3.05) is 25.5 Å². The number of likely N-dealkylation sites (N-methyl/N-ethyl adjacent to an activating group) is 2. The Morgan fingerprint density at radius 1 is 1.55 bits per heavy atom. The number of thiazole rings is 1. The third-order valence-electron chi connectivity index (χ3n) is 3.04. The number of carbonyl (C=O) groups is 1. The molecule has 0 bridgehead atoms. The SMILES string of the molecule is CNC(=O)CN(C)c1nc2sccn2c1CNC(C)C. The van der Waals surface area contributed by atoms with Crippen LogP contribution >= 0.6 is 11.3 Å². The summed E-state index contributed by atoms with van der Waals surface area (Å²) >= 11 is 1.60. The van der Waals surface area contributed by atoms with Crippen molar-refractivity contribution in [3.05, 3.63) is 17.3 Å². The van der Waals surface area contributed by atoms with Gasteiger partial charge in [0, 0.05) is 38.3 Å². The summed E-state index contributed by atoms with van der Waals surface area (Å²) in [4.78, 5) is 19.0. The quantitative estimate of drug-likeness (QED) is 0.837. The van der Waals surface area contributed by atoms with E-state index in [0.717, 1.165) is 23.0 Å². The van der Waals surface area contributed by atoms with Gasteiger partial charge in [0.15, 0.2) is 10.8 Å². The number of nitrogens with one attached hydrogen (secondary N) is 2. The number of aromatic nitrogens is 2. The van der Waals surface area contributed by atoms with Crippen LogP contribution in [-0.4, -0.2) is 42.0 Å². The number of nitrogens with zero attached hydrogens (tertiary/aromatic N) is 3. The number of hydrogen-bond acceptors (Lipinski definition) is 5. The molecule has 0 fully saturated rings. The third kappa shape index (κ3) is 3.10. The fraction of sp³-hybridized carbons (Fsp3) is 0.538. The van der Waals surface area contributed by atoms with Crippen LogP contribution in [0.2, 0.25) is 0 Å². The average Bonchev–Trinajstić information content (AvgIpc) is 2.96. The zero-order valence-corrected chi connectivity index (χ0v) is 13.1. The Hall–Kier alpha value is -1.60. The second kappa shape index (κ2) is 6.23. The lowest BCUT2D eigenvalue weighted by Crippen LogP contribution is -2.34. The van der Waals surface area contributed by atoms with E-state index in [1.54, 1.807) is 18.4 Å². The van der Waals surface area contributed by atoms with Gasteiger partial charge in [-0.25, -0.2) is 4.98 Å². The largest absolute Gasteiger partial charge is 0.358 e. The van der Waals surface area contributed by atoms with Crippen molar-refractivity contribution in [3.63, 3.8) is 0 Å². The molecule has 0 aliphatic heterocycles. The van der Waals surface area contributed by atoms with Crippen molar-refractivity contribution >= 4 is 28.0 Å². The van der Waals surface area contributed by atoms with E-state index in [1.165, 1.54) is 0 Å². The molecule has 0 radical (unpaired) electrons. The number of anilines is 1. The second-order valence-electron chi connectivity index (χ2n) is 5.00. The van der Waals surface area contributed by atoms with Crippen molar-refractivity contribution in [1.82, 2.24) is 20.0 Å². The van der Waals surface area contributed by atoms with Crippen LogP contribution in [0, 0.1) is 0 Å². The molecular weight excluding hydrogens is 274 g/mol. The molecule has 6 nitrogen and oxygen atoms in total. The van der Waals surface area contributed by atoms with Gasteiger partial charge in [0.2, 0.25) is 5.91 Å². The number of rotatable bonds is 6. The van der Waals surface area contributed by atoms with Gasteiger partial charge in [-0.05, 0) is 0 Å². The molecule has 0 saturated heterocycles. The fourth-order valence-corrected chi connectivity index (χ4v) is 2.69. The highest BCUT2D eigenvalue weighted by Crippen LogP contribution is 2.23. The highest BCUT2D eigenvalue weighted by molar-refractivity contribution is 7.15.